The highest BCUT2D eigenvalue weighted by molar-refractivity contribution is 5.65. The monoisotopic (exact) mass is 204 g/mol. The Kier molecular flexibility index (Phi) is 3.86. The molecular weight excluding hydrogens is 188 g/mol. The molecule has 1 heterocycles. The second-order valence-electron chi connectivity index (χ2n) is 3.22. The molecule has 1 saturated heterocycles. The van der Waals surface area contributed by atoms with Crippen molar-refractivity contribution < 1.29 is 23.7 Å². The minimum absolute atomic E-state index is 0.110. The van der Waals surface area contributed by atoms with Gasteiger partial charge in [-0.2, -0.15) is 0 Å². The number of carbonyl (C=O) groups is 1. The molecule has 0 spiro atoms. The largest absolute Gasteiger partial charge is 0.460 e. The van der Waals surface area contributed by atoms with Gasteiger partial charge in [-0.15, -0.1) is 0 Å². The molecule has 0 aromatic carbocycles. The third-order valence-electron chi connectivity index (χ3n) is 2.24. The van der Waals surface area contributed by atoms with Gasteiger partial charge in [-0.25, -0.2) is 0 Å². The molecule has 0 aromatic heterocycles. The SMILES string of the molecule is COC1CCC(COC(C)=O)(OC)O1. The number of hydrogen-bond donors (Lipinski definition) is 0. The minimum Gasteiger partial charge on any atom is -0.460 e. The topological polar surface area (TPSA) is 54.0 Å². The van der Waals surface area contributed by atoms with Crippen LogP contribution in [0.5, 0.6) is 0 Å². The quantitative estimate of drug-likeness (QED) is 0.630. The van der Waals surface area contributed by atoms with Crippen molar-refractivity contribution in [2.24, 2.45) is 0 Å². The van der Waals surface area contributed by atoms with Crippen LogP contribution >= 0.6 is 0 Å². The van der Waals surface area contributed by atoms with Crippen molar-refractivity contribution in [3.8, 4) is 0 Å². The Morgan fingerprint density at radius 3 is 2.71 bits per heavy atom. The van der Waals surface area contributed by atoms with Crippen LogP contribution in [0.4, 0.5) is 0 Å². The van der Waals surface area contributed by atoms with Crippen LogP contribution in [0.2, 0.25) is 0 Å². The van der Waals surface area contributed by atoms with Crippen molar-refractivity contribution in [3.05, 3.63) is 0 Å². The highest BCUT2D eigenvalue weighted by Gasteiger charge is 2.41. The first-order chi connectivity index (χ1) is 6.62. The molecule has 1 fully saturated rings. The summed E-state index contributed by atoms with van der Waals surface area (Å²) in [4.78, 5) is 10.6. The number of ether oxygens (including phenoxy) is 4. The zero-order valence-corrected chi connectivity index (χ0v) is 8.74. The van der Waals surface area contributed by atoms with Crippen LogP contribution in [0.3, 0.4) is 0 Å². The molecule has 2 atom stereocenters. The molecule has 0 N–H and O–H groups in total. The average Bonchev–Trinajstić information content (AvgIpc) is 2.59. The molecule has 0 radical (unpaired) electrons. The maximum atomic E-state index is 10.6. The fourth-order valence-electron chi connectivity index (χ4n) is 1.39. The maximum absolute atomic E-state index is 10.6. The lowest BCUT2D eigenvalue weighted by Crippen LogP contribution is -2.37. The summed E-state index contributed by atoms with van der Waals surface area (Å²) in [6.07, 6.45) is 1.13. The summed E-state index contributed by atoms with van der Waals surface area (Å²) in [6.45, 7) is 1.46. The van der Waals surface area contributed by atoms with Gasteiger partial charge in [-0.3, -0.25) is 4.79 Å². The van der Waals surface area contributed by atoms with E-state index in [0.29, 0.717) is 6.42 Å². The zero-order chi connectivity index (χ0) is 10.6. The van der Waals surface area contributed by atoms with Gasteiger partial charge in [0.2, 0.25) is 5.79 Å². The van der Waals surface area contributed by atoms with E-state index in [0.717, 1.165) is 6.42 Å². The van der Waals surface area contributed by atoms with Gasteiger partial charge in [0.15, 0.2) is 6.29 Å². The van der Waals surface area contributed by atoms with Gasteiger partial charge in [-0.05, 0) is 0 Å². The molecule has 5 nitrogen and oxygen atoms in total. The van der Waals surface area contributed by atoms with E-state index in [1.807, 2.05) is 0 Å². The van der Waals surface area contributed by atoms with Crippen LogP contribution in [0, 0.1) is 0 Å². The molecule has 14 heavy (non-hydrogen) atoms. The zero-order valence-electron chi connectivity index (χ0n) is 8.74. The summed E-state index contributed by atoms with van der Waals surface area (Å²) in [7, 11) is 3.10. The van der Waals surface area contributed by atoms with E-state index >= 15 is 0 Å². The van der Waals surface area contributed by atoms with Crippen molar-refractivity contribution >= 4 is 5.97 Å². The van der Waals surface area contributed by atoms with E-state index < -0.39 is 5.79 Å². The second kappa shape index (κ2) is 4.72. The predicted octanol–water partition coefficient (Wildman–Crippen LogP) is 0.675. The standard InChI is InChI=1S/C9H16O5/c1-7(10)13-6-9(12-3)5-4-8(11-2)14-9/h8H,4-6H2,1-3H3. The molecule has 1 rings (SSSR count). The molecule has 1 aliphatic rings. The van der Waals surface area contributed by atoms with Crippen LogP contribution in [-0.4, -0.2) is 38.9 Å². The Labute approximate surface area is 83.3 Å². The number of methoxy groups -OCH3 is 2. The summed E-state index contributed by atoms with van der Waals surface area (Å²) in [5.74, 6) is -1.17. The van der Waals surface area contributed by atoms with Crippen molar-refractivity contribution in [1.82, 2.24) is 0 Å². The van der Waals surface area contributed by atoms with Crippen LogP contribution in [0.15, 0.2) is 0 Å². The Morgan fingerprint density at radius 2 is 2.29 bits per heavy atom. The van der Waals surface area contributed by atoms with Crippen LogP contribution in [0.25, 0.3) is 0 Å². The molecular formula is C9H16O5. The number of esters is 1. The lowest BCUT2D eigenvalue weighted by molar-refractivity contribution is -0.271. The fourth-order valence-corrected chi connectivity index (χ4v) is 1.39. The number of rotatable bonds is 4. The first kappa shape index (κ1) is 11.4. The van der Waals surface area contributed by atoms with Crippen LogP contribution in [0.1, 0.15) is 19.8 Å². The highest BCUT2D eigenvalue weighted by Crippen LogP contribution is 2.31. The van der Waals surface area contributed by atoms with Crippen molar-refractivity contribution in [2.45, 2.75) is 31.8 Å². The van der Waals surface area contributed by atoms with Gasteiger partial charge < -0.3 is 18.9 Å². The number of carbonyl (C=O) groups excluding carboxylic acids is 1. The van der Waals surface area contributed by atoms with Gasteiger partial charge in [0.05, 0.1) is 0 Å². The van der Waals surface area contributed by atoms with Crippen LogP contribution in [-0.2, 0) is 23.7 Å². The molecule has 82 valence electrons. The van der Waals surface area contributed by atoms with E-state index in [-0.39, 0.29) is 18.9 Å². The molecule has 0 aromatic rings. The maximum Gasteiger partial charge on any atom is 0.302 e. The minimum atomic E-state index is -0.827. The van der Waals surface area contributed by atoms with Gasteiger partial charge in [0, 0.05) is 34.0 Å². The van der Waals surface area contributed by atoms with Crippen molar-refractivity contribution in [3.63, 3.8) is 0 Å². The Bertz CT molecular complexity index is 205. The molecule has 0 aliphatic carbocycles. The Hall–Kier alpha value is -0.650. The molecule has 1 aliphatic heterocycles. The summed E-state index contributed by atoms with van der Waals surface area (Å²) >= 11 is 0. The first-order valence-corrected chi connectivity index (χ1v) is 4.51. The normalized spacial score (nSPS) is 31.8. The molecule has 5 heteroatoms. The second-order valence-corrected chi connectivity index (χ2v) is 3.22. The van der Waals surface area contributed by atoms with Gasteiger partial charge in [0.25, 0.3) is 0 Å². The Morgan fingerprint density at radius 1 is 1.57 bits per heavy atom. The van der Waals surface area contributed by atoms with Gasteiger partial charge >= 0.3 is 5.97 Å². The van der Waals surface area contributed by atoms with E-state index in [9.17, 15) is 4.79 Å². The first-order valence-electron chi connectivity index (χ1n) is 4.51. The molecule has 0 amide bonds. The van der Waals surface area contributed by atoms with E-state index in [2.05, 4.69) is 0 Å². The van der Waals surface area contributed by atoms with E-state index in [4.69, 9.17) is 18.9 Å². The van der Waals surface area contributed by atoms with Crippen molar-refractivity contribution in [1.29, 1.82) is 0 Å². The van der Waals surface area contributed by atoms with Crippen molar-refractivity contribution in [2.75, 3.05) is 20.8 Å². The fraction of sp³-hybridized carbons (Fsp3) is 0.889. The average molecular weight is 204 g/mol. The smallest absolute Gasteiger partial charge is 0.302 e. The third-order valence-corrected chi connectivity index (χ3v) is 2.24. The van der Waals surface area contributed by atoms with Gasteiger partial charge in [0.1, 0.15) is 6.61 Å². The van der Waals surface area contributed by atoms with E-state index in [1.165, 1.54) is 14.0 Å². The summed E-state index contributed by atoms with van der Waals surface area (Å²) in [6, 6.07) is 0. The predicted molar refractivity (Wildman–Crippen MR) is 47.5 cm³/mol. The van der Waals surface area contributed by atoms with E-state index in [1.54, 1.807) is 7.11 Å². The lowest BCUT2D eigenvalue weighted by Gasteiger charge is -2.26. The van der Waals surface area contributed by atoms with Crippen LogP contribution < -0.4 is 0 Å². The highest BCUT2D eigenvalue weighted by atomic mass is 16.8. The van der Waals surface area contributed by atoms with Gasteiger partial charge in [-0.1, -0.05) is 0 Å². The third kappa shape index (κ3) is 2.67. The Balaban J connectivity index is 2.47. The number of hydrogen-bond acceptors (Lipinski definition) is 5. The molecule has 0 bridgehead atoms. The lowest BCUT2D eigenvalue weighted by atomic mass is 10.2. The summed E-state index contributed by atoms with van der Waals surface area (Å²) in [5.41, 5.74) is 0. The molecule has 2 unspecified atom stereocenters. The summed E-state index contributed by atoms with van der Waals surface area (Å²) < 4.78 is 20.6. The summed E-state index contributed by atoms with van der Waals surface area (Å²) in [5, 5.41) is 0. The molecule has 0 saturated carbocycles.